The van der Waals surface area contributed by atoms with Gasteiger partial charge in [-0.1, -0.05) is 0 Å². The third-order valence-electron chi connectivity index (χ3n) is 8.14. The van der Waals surface area contributed by atoms with E-state index < -0.39 is 11.8 Å². The minimum atomic E-state index is -0.565. The first kappa shape index (κ1) is 21.2. The van der Waals surface area contributed by atoms with E-state index in [0.29, 0.717) is 5.69 Å². The van der Waals surface area contributed by atoms with Crippen molar-refractivity contribution in [2.24, 2.45) is 23.2 Å². The zero-order chi connectivity index (χ0) is 21.5. The Morgan fingerprint density at radius 3 is 2.10 bits per heavy atom. The number of hydrogen-bond acceptors (Lipinski definition) is 3. The van der Waals surface area contributed by atoms with Gasteiger partial charge in [0.25, 0.3) is 0 Å². The highest BCUT2D eigenvalue weighted by atomic mass is 16.2. The van der Waals surface area contributed by atoms with Crippen LogP contribution in [0.5, 0.6) is 0 Å². The molecule has 0 radical (unpaired) electrons. The molecule has 4 aliphatic rings. The van der Waals surface area contributed by atoms with Crippen molar-refractivity contribution in [1.29, 1.82) is 0 Å². The van der Waals surface area contributed by atoms with Crippen LogP contribution in [0.1, 0.15) is 64.9 Å². The van der Waals surface area contributed by atoms with Crippen molar-refractivity contribution in [2.75, 3.05) is 23.3 Å². The first-order valence-electron chi connectivity index (χ1n) is 11.8. The molecule has 1 atom stereocenters. The molecule has 1 unspecified atom stereocenters. The molecule has 164 valence electrons. The van der Waals surface area contributed by atoms with Gasteiger partial charge in [-0.25, -0.2) is 0 Å². The van der Waals surface area contributed by atoms with Crippen molar-refractivity contribution in [3.05, 3.63) is 23.8 Å². The molecule has 5 rings (SSSR count). The third kappa shape index (κ3) is 3.95. The maximum atomic E-state index is 12.7. The number of carbonyl (C=O) groups is 2. The van der Waals surface area contributed by atoms with Crippen LogP contribution in [-0.2, 0) is 9.59 Å². The normalized spacial score (nSPS) is 30.1. The van der Waals surface area contributed by atoms with E-state index >= 15 is 0 Å². The molecule has 4 aliphatic carbocycles. The Labute approximate surface area is 181 Å². The highest BCUT2D eigenvalue weighted by molar-refractivity contribution is 6.39. The topological polar surface area (TPSA) is 61.4 Å². The number of hydrogen-bond donors (Lipinski definition) is 2. The Bertz CT molecular complexity index is 779. The summed E-state index contributed by atoms with van der Waals surface area (Å²) < 4.78 is 0. The van der Waals surface area contributed by atoms with E-state index in [9.17, 15) is 9.59 Å². The fourth-order valence-electron chi connectivity index (χ4n) is 6.88. The quantitative estimate of drug-likeness (QED) is 0.678. The minimum absolute atomic E-state index is 0.0512. The van der Waals surface area contributed by atoms with E-state index in [4.69, 9.17) is 0 Å². The van der Waals surface area contributed by atoms with Gasteiger partial charge in [0, 0.05) is 30.5 Å². The second-order valence-electron chi connectivity index (χ2n) is 10.1. The summed E-state index contributed by atoms with van der Waals surface area (Å²) in [5.74, 6) is 1.42. The van der Waals surface area contributed by atoms with Crippen molar-refractivity contribution >= 4 is 23.2 Å². The summed E-state index contributed by atoms with van der Waals surface area (Å²) >= 11 is 0. The predicted octanol–water partition coefficient (Wildman–Crippen LogP) is 4.50. The molecular weight excluding hydrogens is 374 g/mol. The number of nitrogens with one attached hydrogen (secondary N) is 2. The molecule has 0 saturated heterocycles. The van der Waals surface area contributed by atoms with E-state index in [2.05, 4.69) is 42.4 Å². The Kier molecular flexibility index (Phi) is 5.82. The van der Waals surface area contributed by atoms with Gasteiger partial charge in [0.1, 0.15) is 0 Å². The number of aryl methyl sites for hydroxylation is 1. The van der Waals surface area contributed by atoms with Gasteiger partial charge in [0.2, 0.25) is 0 Å². The standard InChI is InChI=1S/C25H37N3O2/c1-5-28(6-2)21-7-8-22(16(3)9-21)27-24(30)23(29)26-17(4)25-13-18-10-19(14-25)12-20(11-18)15-25/h7-9,17-20H,5-6,10-15H2,1-4H3,(H,26,29)(H,27,30). The molecule has 1 aromatic rings. The molecule has 0 aliphatic heterocycles. The lowest BCUT2D eigenvalue weighted by Gasteiger charge is -2.59. The fraction of sp³-hybridized carbons (Fsp3) is 0.680. The van der Waals surface area contributed by atoms with E-state index in [0.717, 1.165) is 42.1 Å². The number of anilines is 2. The minimum Gasteiger partial charge on any atom is -0.372 e. The van der Waals surface area contributed by atoms with Gasteiger partial charge in [-0.15, -0.1) is 0 Å². The fourth-order valence-corrected chi connectivity index (χ4v) is 6.88. The first-order valence-corrected chi connectivity index (χ1v) is 11.8. The lowest BCUT2D eigenvalue weighted by atomic mass is 9.48. The van der Waals surface area contributed by atoms with E-state index in [1.165, 1.54) is 38.5 Å². The largest absolute Gasteiger partial charge is 0.372 e. The van der Waals surface area contributed by atoms with Crippen molar-refractivity contribution in [1.82, 2.24) is 5.32 Å². The summed E-state index contributed by atoms with van der Waals surface area (Å²) in [6.07, 6.45) is 7.78. The molecule has 0 aromatic heterocycles. The van der Waals surface area contributed by atoms with Crippen LogP contribution >= 0.6 is 0 Å². The zero-order valence-corrected chi connectivity index (χ0v) is 19.0. The maximum Gasteiger partial charge on any atom is 0.313 e. The van der Waals surface area contributed by atoms with Crippen LogP contribution < -0.4 is 15.5 Å². The first-order chi connectivity index (χ1) is 14.3. The highest BCUT2D eigenvalue weighted by Crippen LogP contribution is 2.61. The van der Waals surface area contributed by atoms with Crippen LogP contribution in [0.25, 0.3) is 0 Å². The van der Waals surface area contributed by atoms with Crippen LogP contribution in [-0.4, -0.2) is 30.9 Å². The molecule has 2 amide bonds. The monoisotopic (exact) mass is 411 g/mol. The number of rotatable bonds is 6. The van der Waals surface area contributed by atoms with E-state index in [-0.39, 0.29) is 11.5 Å². The number of nitrogens with zero attached hydrogens (tertiary/aromatic N) is 1. The van der Waals surface area contributed by atoms with Gasteiger partial charge >= 0.3 is 11.8 Å². The van der Waals surface area contributed by atoms with Crippen molar-refractivity contribution in [3.63, 3.8) is 0 Å². The van der Waals surface area contributed by atoms with Crippen LogP contribution in [0.15, 0.2) is 18.2 Å². The summed E-state index contributed by atoms with van der Waals surface area (Å²) in [6.45, 7) is 10.2. The van der Waals surface area contributed by atoms with Crippen molar-refractivity contribution in [2.45, 2.75) is 72.3 Å². The maximum absolute atomic E-state index is 12.7. The molecule has 30 heavy (non-hydrogen) atoms. The summed E-state index contributed by atoms with van der Waals surface area (Å²) in [4.78, 5) is 27.6. The van der Waals surface area contributed by atoms with Crippen LogP contribution in [0.4, 0.5) is 11.4 Å². The summed E-state index contributed by atoms with van der Waals surface area (Å²) in [5.41, 5.74) is 3.00. The van der Waals surface area contributed by atoms with Gasteiger partial charge in [0.05, 0.1) is 0 Å². The number of benzene rings is 1. The van der Waals surface area contributed by atoms with Gasteiger partial charge in [-0.3, -0.25) is 9.59 Å². The molecule has 5 nitrogen and oxygen atoms in total. The molecule has 4 bridgehead atoms. The van der Waals surface area contributed by atoms with E-state index in [1.54, 1.807) is 0 Å². The van der Waals surface area contributed by atoms with Gasteiger partial charge in [0.15, 0.2) is 0 Å². The summed E-state index contributed by atoms with van der Waals surface area (Å²) in [5, 5.41) is 5.89. The van der Waals surface area contributed by atoms with Crippen LogP contribution in [0, 0.1) is 30.1 Å². The average molecular weight is 412 g/mol. The molecular formula is C25H37N3O2. The highest BCUT2D eigenvalue weighted by Gasteiger charge is 2.53. The van der Waals surface area contributed by atoms with Crippen molar-refractivity contribution < 1.29 is 9.59 Å². The Morgan fingerprint density at radius 1 is 1.03 bits per heavy atom. The predicted molar refractivity (Wildman–Crippen MR) is 122 cm³/mol. The van der Waals surface area contributed by atoms with E-state index in [1.807, 2.05) is 19.1 Å². The Morgan fingerprint density at radius 2 is 1.60 bits per heavy atom. The molecule has 2 N–H and O–H groups in total. The molecule has 4 saturated carbocycles. The lowest BCUT2D eigenvalue weighted by Crippen LogP contribution is -2.57. The molecule has 0 heterocycles. The molecule has 5 heteroatoms. The van der Waals surface area contributed by atoms with Gasteiger partial charge in [-0.2, -0.15) is 0 Å². The second kappa shape index (κ2) is 8.24. The average Bonchev–Trinajstić information content (AvgIpc) is 2.69. The second-order valence-corrected chi connectivity index (χ2v) is 10.1. The smallest absolute Gasteiger partial charge is 0.313 e. The Balaban J connectivity index is 1.38. The summed E-state index contributed by atoms with van der Waals surface area (Å²) in [7, 11) is 0. The molecule has 4 fully saturated rings. The van der Waals surface area contributed by atoms with Crippen molar-refractivity contribution in [3.8, 4) is 0 Å². The van der Waals surface area contributed by atoms with Gasteiger partial charge < -0.3 is 15.5 Å². The van der Waals surface area contributed by atoms with Crippen LogP contribution in [0.2, 0.25) is 0 Å². The van der Waals surface area contributed by atoms with Gasteiger partial charge in [-0.05, 0) is 113 Å². The number of amides is 2. The molecule has 0 spiro atoms. The SMILES string of the molecule is CCN(CC)c1ccc(NC(=O)C(=O)NC(C)C23CC4CC(CC(C4)C2)C3)c(C)c1. The lowest BCUT2D eigenvalue weighted by molar-refractivity contribution is -0.138. The third-order valence-corrected chi connectivity index (χ3v) is 8.14. The Hall–Kier alpha value is -2.04. The zero-order valence-electron chi connectivity index (χ0n) is 19.0. The summed E-state index contributed by atoms with van der Waals surface area (Å²) in [6, 6.07) is 6.02. The van der Waals surface area contributed by atoms with Crippen LogP contribution in [0.3, 0.4) is 0 Å². The molecule has 1 aromatic carbocycles. The number of carbonyl (C=O) groups excluding carboxylic acids is 2.